The van der Waals surface area contributed by atoms with Crippen LogP contribution in [0.15, 0.2) is 35.4 Å². The Balaban J connectivity index is 1.51. The third-order valence-electron chi connectivity index (χ3n) is 5.46. The lowest BCUT2D eigenvalue weighted by Crippen LogP contribution is -2.40. The fourth-order valence-electron chi connectivity index (χ4n) is 3.89. The minimum Gasteiger partial charge on any atom is -0.329 e. The maximum Gasteiger partial charge on any atom is 0.451 e. The zero-order chi connectivity index (χ0) is 22.5. The van der Waals surface area contributed by atoms with Crippen molar-refractivity contribution in [3.8, 4) is 0 Å². The average Bonchev–Trinajstić information content (AvgIpc) is 3.14. The predicted molar refractivity (Wildman–Crippen MR) is 96.0 cm³/mol. The zero-order valence-electron chi connectivity index (χ0n) is 16.2. The smallest absolute Gasteiger partial charge is 0.329 e. The molecule has 0 radical (unpaired) electrons. The summed E-state index contributed by atoms with van der Waals surface area (Å²) in [5.41, 5.74) is 0.859. The van der Waals surface area contributed by atoms with E-state index in [1.54, 1.807) is 13.0 Å². The number of nitrogens with zero attached hydrogens (tertiary/aromatic N) is 4. The van der Waals surface area contributed by atoms with Gasteiger partial charge in [-0.1, -0.05) is 17.7 Å². The monoisotopic (exact) mass is 442 g/mol. The number of benzene rings is 1. The molecular weight excluding hydrogens is 426 g/mol. The first kappa shape index (κ1) is 21.1. The summed E-state index contributed by atoms with van der Waals surface area (Å²) in [7, 11) is 0. The molecule has 31 heavy (non-hydrogen) atoms. The molecule has 0 saturated heterocycles. The van der Waals surface area contributed by atoms with E-state index >= 15 is 0 Å². The van der Waals surface area contributed by atoms with Crippen LogP contribution in [0.2, 0.25) is 0 Å². The van der Waals surface area contributed by atoms with Crippen molar-refractivity contribution >= 4 is 5.91 Å². The van der Waals surface area contributed by atoms with E-state index in [0.717, 1.165) is 10.6 Å². The molecule has 0 saturated carbocycles. The van der Waals surface area contributed by atoms with E-state index < -0.39 is 41.3 Å². The number of carbonyl (C=O) groups is 1. The van der Waals surface area contributed by atoms with Gasteiger partial charge in [0, 0.05) is 30.6 Å². The number of rotatable bonds is 2. The number of halogens is 6. The molecule has 1 aliphatic carbocycles. The summed E-state index contributed by atoms with van der Waals surface area (Å²) in [5.74, 6) is -5.36. The lowest BCUT2D eigenvalue weighted by atomic mass is 9.83. The van der Waals surface area contributed by atoms with Crippen LogP contribution in [0.25, 0.3) is 0 Å². The molecule has 1 atom stereocenters. The Bertz CT molecular complexity index is 1120. The van der Waals surface area contributed by atoms with Gasteiger partial charge in [-0.2, -0.15) is 13.2 Å². The van der Waals surface area contributed by atoms with E-state index in [4.69, 9.17) is 0 Å². The predicted octanol–water partition coefficient (Wildman–Crippen LogP) is 4.12. The second-order valence-corrected chi connectivity index (χ2v) is 7.44. The molecule has 1 aliphatic heterocycles. The molecule has 0 N–H and O–H groups in total. The number of carbonyl (C=O) groups excluding carboxylic acids is 1. The van der Waals surface area contributed by atoms with Crippen molar-refractivity contribution < 1.29 is 31.1 Å². The second-order valence-electron chi connectivity index (χ2n) is 7.44. The Labute approximate surface area is 172 Å². The highest BCUT2D eigenvalue weighted by Crippen LogP contribution is 2.36. The van der Waals surface area contributed by atoms with Crippen molar-refractivity contribution in [2.24, 2.45) is 0 Å². The highest BCUT2D eigenvalue weighted by Gasteiger charge is 2.40. The van der Waals surface area contributed by atoms with Crippen molar-refractivity contribution in [1.82, 2.24) is 19.7 Å². The van der Waals surface area contributed by atoms with Crippen LogP contribution in [0.1, 0.15) is 36.5 Å². The Hall–Kier alpha value is -3.11. The van der Waals surface area contributed by atoms with E-state index in [-0.39, 0.29) is 37.4 Å². The summed E-state index contributed by atoms with van der Waals surface area (Å²) in [5, 5.41) is 6.73. The van der Waals surface area contributed by atoms with E-state index in [9.17, 15) is 31.1 Å². The van der Waals surface area contributed by atoms with Gasteiger partial charge in [0.25, 0.3) is 5.91 Å². The van der Waals surface area contributed by atoms with Crippen LogP contribution in [0.3, 0.4) is 0 Å². The molecule has 2 aliphatic rings. The number of aromatic nitrogens is 3. The maximum atomic E-state index is 14.1. The van der Waals surface area contributed by atoms with Gasteiger partial charge in [0.1, 0.15) is 5.82 Å². The number of fused-ring (bicyclic) bond motifs is 1. The van der Waals surface area contributed by atoms with Gasteiger partial charge in [0.2, 0.25) is 5.82 Å². The van der Waals surface area contributed by atoms with Gasteiger partial charge in [-0.25, -0.2) is 13.2 Å². The largest absolute Gasteiger partial charge is 0.451 e. The molecule has 0 spiro atoms. The van der Waals surface area contributed by atoms with Gasteiger partial charge in [-0.05, 0) is 25.0 Å². The molecule has 1 aromatic carbocycles. The highest BCUT2D eigenvalue weighted by molar-refractivity contribution is 5.96. The van der Waals surface area contributed by atoms with E-state index in [1.807, 2.05) is 0 Å². The molecule has 11 heteroatoms. The number of hydrogen-bond acceptors (Lipinski definition) is 3. The average molecular weight is 442 g/mol. The van der Waals surface area contributed by atoms with Crippen molar-refractivity contribution in [2.45, 2.75) is 38.5 Å². The first-order valence-corrected chi connectivity index (χ1v) is 9.37. The molecule has 0 bridgehead atoms. The van der Waals surface area contributed by atoms with Gasteiger partial charge in [0.05, 0.1) is 6.54 Å². The Morgan fingerprint density at radius 3 is 2.45 bits per heavy atom. The van der Waals surface area contributed by atoms with E-state index in [1.165, 1.54) is 11.0 Å². The molecule has 2 aromatic rings. The highest BCUT2D eigenvalue weighted by atomic mass is 19.4. The summed E-state index contributed by atoms with van der Waals surface area (Å²) in [6.45, 7) is 1.46. The van der Waals surface area contributed by atoms with Crippen LogP contribution in [0.5, 0.6) is 0 Å². The van der Waals surface area contributed by atoms with Crippen LogP contribution < -0.4 is 0 Å². The maximum absolute atomic E-state index is 14.1. The number of hydrogen-bond donors (Lipinski definition) is 0. The molecule has 4 rings (SSSR count). The first-order chi connectivity index (χ1) is 14.6. The van der Waals surface area contributed by atoms with Crippen molar-refractivity contribution in [3.63, 3.8) is 0 Å². The van der Waals surface area contributed by atoms with Crippen LogP contribution in [0.4, 0.5) is 26.3 Å². The first-order valence-electron chi connectivity index (χ1n) is 9.37. The lowest BCUT2D eigenvalue weighted by molar-refractivity contribution is -0.148. The molecule has 2 heterocycles. The minimum atomic E-state index is -4.63. The molecule has 0 unspecified atom stereocenters. The van der Waals surface area contributed by atoms with Crippen molar-refractivity contribution in [1.29, 1.82) is 0 Å². The van der Waals surface area contributed by atoms with Gasteiger partial charge in [0.15, 0.2) is 17.5 Å². The molecule has 164 valence electrons. The Morgan fingerprint density at radius 2 is 1.77 bits per heavy atom. The zero-order valence-corrected chi connectivity index (χ0v) is 16.2. The van der Waals surface area contributed by atoms with Crippen LogP contribution >= 0.6 is 0 Å². The topological polar surface area (TPSA) is 51.0 Å². The molecule has 0 fully saturated rings. The van der Waals surface area contributed by atoms with Gasteiger partial charge >= 0.3 is 6.18 Å². The minimum absolute atomic E-state index is 0.0128. The number of amides is 1. The summed E-state index contributed by atoms with van der Waals surface area (Å²) in [6, 6.07) is 1.30. The Kier molecular flexibility index (Phi) is 5.14. The molecule has 1 aromatic heterocycles. The standard InChI is InChI=1S/C20H16F6N4O/c1-10-6-11(2-3-12(10)13-7-15(22)16(23)8-14(13)21)18(31)29-4-5-30-17(9-29)27-28-19(30)20(24,25)26/h2,6-8,12H,3-5,9H2,1H3/t12-/m0/s1. The van der Waals surface area contributed by atoms with E-state index in [0.29, 0.717) is 17.2 Å². The van der Waals surface area contributed by atoms with Gasteiger partial charge < -0.3 is 9.47 Å². The fourth-order valence-corrected chi connectivity index (χ4v) is 3.89. The number of alkyl halides is 3. The van der Waals surface area contributed by atoms with Crippen molar-refractivity contribution in [3.05, 3.63) is 70.1 Å². The van der Waals surface area contributed by atoms with Crippen LogP contribution in [-0.4, -0.2) is 32.1 Å². The normalized spacial score (nSPS) is 19.1. The Morgan fingerprint density at radius 1 is 1.06 bits per heavy atom. The SMILES string of the molecule is CC1=CC(C(=O)N2CCn3c(nnc3C(F)(F)F)C2)=CC[C@@H]1c1cc(F)c(F)cc1F. The van der Waals surface area contributed by atoms with Gasteiger partial charge in [-0.15, -0.1) is 10.2 Å². The summed E-state index contributed by atoms with van der Waals surface area (Å²) >= 11 is 0. The van der Waals surface area contributed by atoms with Crippen molar-refractivity contribution in [2.75, 3.05) is 6.54 Å². The van der Waals surface area contributed by atoms with E-state index in [2.05, 4.69) is 10.2 Å². The number of allylic oxidation sites excluding steroid dienone is 2. The molecule has 5 nitrogen and oxygen atoms in total. The van der Waals surface area contributed by atoms with Crippen LogP contribution in [-0.2, 0) is 24.1 Å². The second kappa shape index (κ2) is 7.54. The fraction of sp³-hybridized carbons (Fsp3) is 0.350. The summed E-state index contributed by atoms with van der Waals surface area (Å²) in [4.78, 5) is 14.2. The third-order valence-corrected chi connectivity index (χ3v) is 5.46. The molecular formula is C20H16F6N4O. The van der Waals surface area contributed by atoms with Gasteiger partial charge in [-0.3, -0.25) is 4.79 Å². The summed E-state index contributed by atoms with van der Waals surface area (Å²) < 4.78 is 80.7. The quantitative estimate of drug-likeness (QED) is 0.520. The van der Waals surface area contributed by atoms with Crippen LogP contribution in [0, 0.1) is 17.5 Å². The third kappa shape index (κ3) is 3.84. The lowest BCUT2D eigenvalue weighted by Gasteiger charge is -2.30. The molecule has 1 amide bonds. The summed E-state index contributed by atoms with van der Waals surface area (Å²) in [6.07, 6.45) is -1.36.